The Morgan fingerprint density at radius 3 is 2.92 bits per heavy atom. The van der Waals surface area contributed by atoms with Gasteiger partial charge in [-0.15, -0.1) is 11.8 Å². The minimum Gasteiger partial charge on any atom is -0.298 e. The quantitative estimate of drug-likeness (QED) is 0.533. The molecule has 0 spiro atoms. The Morgan fingerprint density at radius 1 is 1.35 bits per heavy atom. The maximum atomic E-state index is 13.1. The van der Waals surface area contributed by atoms with Crippen molar-refractivity contribution in [3.05, 3.63) is 47.3 Å². The maximum Gasteiger partial charge on any atom is 0.168 e. The molecular weight excluding hydrogens is 342 g/mol. The van der Waals surface area contributed by atoms with Gasteiger partial charge in [-0.25, -0.2) is 0 Å². The molecule has 2 aromatic rings. The van der Waals surface area contributed by atoms with Crippen LogP contribution in [0.5, 0.6) is 0 Å². The first-order valence-corrected chi connectivity index (χ1v) is 10.8. The fourth-order valence-electron chi connectivity index (χ4n) is 3.80. The Bertz CT molecular complexity index is 755. The molecule has 4 nitrogen and oxygen atoms in total. The SMILES string of the molecule is CCCn1ncc(CN2CCC[C@H](C(=O)c3ccccc3SC)C2)c1C. The van der Waals surface area contributed by atoms with E-state index in [0.29, 0.717) is 5.78 Å². The van der Waals surface area contributed by atoms with Crippen molar-refractivity contribution in [2.24, 2.45) is 5.92 Å². The number of Topliss-reactive ketones (excluding diaryl/α,β-unsaturated/α-hetero) is 1. The van der Waals surface area contributed by atoms with Crippen LogP contribution in [-0.2, 0) is 13.1 Å². The third kappa shape index (κ3) is 4.21. The molecule has 0 aliphatic carbocycles. The smallest absolute Gasteiger partial charge is 0.168 e. The summed E-state index contributed by atoms with van der Waals surface area (Å²) in [6, 6.07) is 8.00. The van der Waals surface area contributed by atoms with Crippen molar-refractivity contribution in [1.29, 1.82) is 0 Å². The average Bonchev–Trinajstić information content (AvgIpc) is 3.01. The highest BCUT2D eigenvalue weighted by Crippen LogP contribution is 2.27. The van der Waals surface area contributed by atoms with Gasteiger partial charge in [0.1, 0.15) is 0 Å². The molecule has 1 aliphatic rings. The van der Waals surface area contributed by atoms with E-state index in [-0.39, 0.29) is 5.92 Å². The summed E-state index contributed by atoms with van der Waals surface area (Å²) in [5.74, 6) is 0.404. The predicted molar refractivity (Wildman–Crippen MR) is 108 cm³/mol. The summed E-state index contributed by atoms with van der Waals surface area (Å²) in [5, 5.41) is 4.52. The summed E-state index contributed by atoms with van der Waals surface area (Å²) in [4.78, 5) is 16.6. The van der Waals surface area contributed by atoms with E-state index in [1.54, 1.807) is 11.8 Å². The second kappa shape index (κ2) is 8.87. The summed E-state index contributed by atoms with van der Waals surface area (Å²) in [6.45, 7) is 8.10. The highest BCUT2D eigenvalue weighted by molar-refractivity contribution is 7.98. The number of hydrogen-bond acceptors (Lipinski definition) is 4. The molecule has 1 aromatic heterocycles. The van der Waals surface area contributed by atoms with Crippen LogP contribution in [0.1, 0.15) is 47.8 Å². The number of likely N-dealkylation sites (tertiary alicyclic amines) is 1. The zero-order valence-electron chi connectivity index (χ0n) is 16.1. The lowest BCUT2D eigenvalue weighted by molar-refractivity contribution is 0.0808. The van der Waals surface area contributed by atoms with Gasteiger partial charge in [0.25, 0.3) is 0 Å². The third-order valence-electron chi connectivity index (χ3n) is 5.28. The maximum absolute atomic E-state index is 13.1. The summed E-state index contributed by atoms with van der Waals surface area (Å²) < 4.78 is 2.09. The largest absolute Gasteiger partial charge is 0.298 e. The fourth-order valence-corrected chi connectivity index (χ4v) is 4.40. The molecule has 0 N–H and O–H groups in total. The number of nitrogens with zero attached hydrogens (tertiary/aromatic N) is 3. The van der Waals surface area contributed by atoms with Crippen LogP contribution in [0.4, 0.5) is 0 Å². The number of ketones is 1. The van der Waals surface area contributed by atoms with Gasteiger partial charge in [0, 0.05) is 47.3 Å². The molecule has 0 radical (unpaired) electrons. The van der Waals surface area contributed by atoms with Gasteiger partial charge >= 0.3 is 0 Å². The van der Waals surface area contributed by atoms with Crippen LogP contribution in [0.25, 0.3) is 0 Å². The van der Waals surface area contributed by atoms with Crippen LogP contribution >= 0.6 is 11.8 Å². The van der Waals surface area contributed by atoms with Crippen molar-refractivity contribution < 1.29 is 4.79 Å². The molecule has 1 fully saturated rings. The van der Waals surface area contributed by atoms with Crippen molar-refractivity contribution in [2.75, 3.05) is 19.3 Å². The average molecular weight is 372 g/mol. The number of thioether (sulfide) groups is 1. The molecule has 26 heavy (non-hydrogen) atoms. The van der Waals surface area contributed by atoms with Crippen LogP contribution < -0.4 is 0 Å². The summed E-state index contributed by atoms with van der Waals surface area (Å²) in [7, 11) is 0. The molecule has 0 bridgehead atoms. The number of rotatable bonds is 7. The summed E-state index contributed by atoms with van der Waals surface area (Å²) in [5.41, 5.74) is 3.43. The van der Waals surface area contributed by atoms with Gasteiger partial charge in [-0.05, 0) is 45.1 Å². The molecule has 1 saturated heterocycles. The van der Waals surface area contributed by atoms with Gasteiger partial charge in [0.05, 0.1) is 6.20 Å². The van der Waals surface area contributed by atoms with E-state index in [2.05, 4.69) is 28.5 Å². The summed E-state index contributed by atoms with van der Waals surface area (Å²) >= 11 is 1.66. The standard InChI is InChI=1S/C21H29N3OS/c1-4-11-24-16(2)18(13-22-24)15-23-12-7-8-17(14-23)21(25)19-9-5-6-10-20(19)26-3/h5-6,9-10,13,17H,4,7-8,11-12,14-15H2,1-3H3/t17-/m0/s1. The van der Waals surface area contributed by atoms with Gasteiger partial charge < -0.3 is 0 Å². The number of aromatic nitrogens is 2. The molecule has 1 atom stereocenters. The minimum absolute atomic E-state index is 0.100. The number of piperidine rings is 1. The van der Waals surface area contributed by atoms with E-state index >= 15 is 0 Å². The Morgan fingerprint density at radius 2 is 2.15 bits per heavy atom. The molecule has 140 valence electrons. The molecule has 3 rings (SSSR count). The van der Waals surface area contributed by atoms with Crippen LogP contribution in [0.15, 0.2) is 35.4 Å². The van der Waals surface area contributed by atoms with Crippen molar-refractivity contribution >= 4 is 17.5 Å². The number of benzene rings is 1. The molecule has 5 heteroatoms. The van der Waals surface area contributed by atoms with E-state index in [1.807, 2.05) is 36.7 Å². The van der Waals surface area contributed by atoms with Gasteiger partial charge in [0.15, 0.2) is 5.78 Å². The minimum atomic E-state index is 0.100. The molecule has 1 aromatic carbocycles. The van der Waals surface area contributed by atoms with Crippen LogP contribution in [0.2, 0.25) is 0 Å². The van der Waals surface area contributed by atoms with E-state index < -0.39 is 0 Å². The second-order valence-corrected chi connectivity index (χ2v) is 7.97. The second-order valence-electron chi connectivity index (χ2n) is 7.12. The van der Waals surface area contributed by atoms with Crippen LogP contribution in [0.3, 0.4) is 0 Å². The normalized spacial score (nSPS) is 18.2. The summed E-state index contributed by atoms with van der Waals surface area (Å²) in [6.07, 6.45) is 7.21. The van der Waals surface area contributed by atoms with Gasteiger partial charge in [-0.1, -0.05) is 25.1 Å². The Hall–Kier alpha value is -1.59. The molecule has 2 heterocycles. The van der Waals surface area contributed by atoms with Gasteiger partial charge in [-0.2, -0.15) is 5.10 Å². The fraction of sp³-hybridized carbons (Fsp3) is 0.524. The number of hydrogen-bond donors (Lipinski definition) is 0. The van der Waals surface area contributed by atoms with E-state index in [4.69, 9.17) is 0 Å². The topological polar surface area (TPSA) is 38.1 Å². The van der Waals surface area contributed by atoms with E-state index in [1.165, 1.54) is 11.3 Å². The lowest BCUT2D eigenvalue weighted by Crippen LogP contribution is -2.38. The third-order valence-corrected chi connectivity index (χ3v) is 6.08. The van der Waals surface area contributed by atoms with Crippen molar-refractivity contribution in [3.63, 3.8) is 0 Å². The predicted octanol–water partition coefficient (Wildman–Crippen LogP) is 4.42. The van der Waals surface area contributed by atoms with Crippen molar-refractivity contribution in [1.82, 2.24) is 14.7 Å². The molecule has 1 aliphatic heterocycles. The lowest BCUT2D eigenvalue weighted by atomic mass is 9.89. The number of aryl methyl sites for hydroxylation is 1. The molecular formula is C21H29N3OS. The van der Waals surface area contributed by atoms with Gasteiger partial charge in [0.2, 0.25) is 0 Å². The van der Waals surface area contributed by atoms with Crippen LogP contribution in [0, 0.1) is 12.8 Å². The Labute approximate surface area is 161 Å². The monoisotopic (exact) mass is 371 g/mol. The Balaban J connectivity index is 1.68. The first-order valence-electron chi connectivity index (χ1n) is 9.55. The van der Waals surface area contributed by atoms with Crippen LogP contribution in [-0.4, -0.2) is 39.8 Å². The zero-order valence-corrected chi connectivity index (χ0v) is 16.9. The van der Waals surface area contributed by atoms with E-state index in [0.717, 1.165) is 55.9 Å². The molecule has 0 amide bonds. The first-order chi connectivity index (χ1) is 12.6. The number of carbonyl (C=O) groups excluding carboxylic acids is 1. The number of carbonyl (C=O) groups is 1. The van der Waals surface area contributed by atoms with Crippen molar-refractivity contribution in [3.8, 4) is 0 Å². The first kappa shape index (κ1) is 19.2. The van der Waals surface area contributed by atoms with Gasteiger partial charge in [-0.3, -0.25) is 14.4 Å². The Kier molecular flexibility index (Phi) is 6.54. The highest BCUT2D eigenvalue weighted by atomic mass is 32.2. The molecule has 0 unspecified atom stereocenters. The van der Waals surface area contributed by atoms with Crippen molar-refractivity contribution in [2.45, 2.75) is 51.1 Å². The lowest BCUT2D eigenvalue weighted by Gasteiger charge is -2.32. The zero-order chi connectivity index (χ0) is 18.5. The van der Waals surface area contributed by atoms with E-state index in [9.17, 15) is 4.79 Å². The molecule has 0 saturated carbocycles. The highest BCUT2D eigenvalue weighted by Gasteiger charge is 2.28.